The minimum absolute atomic E-state index is 0.0467. The normalized spacial score (nSPS) is 26.9. The van der Waals surface area contributed by atoms with Gasteiger partial charge in [-0.1, -0.05) is 47.6 Å². The van der Waals surface area contributed by atoms with Gasteiger partial charge < -0.3 is 23.6 Å². The summed E-state index contributed by atoms with van der Waals surface area (Å²) in [5.41, 5.74) is -0.662. The molecule has 0 bridgehead atoms. The fourth-order valence-corrected chi connectivity index (χ4v) is 5.96. The Morgan fingerprint density at radius 1 is 1.03 bits per heavy atom. The SMILES string of the molecule is CC(C)(C)OC(=O)N=C1C=CC([C@H]2CC(O[Si](C)(C)C(C)(C)C)[C@@H](CO[Si](C)(C)C(C)(C)C)O2)C(=O)N1. The fraction of sp³-hybridized carbons (Fsp3) is 0.815. The first-order valence-electron chi connectivity index (χ1n) is 13.3. The maximum absolute atomic E-state index is 13.0. The van der Waals surface area contributed by atoms with Crippen molar-refractivity contribution in [1.82, 2.24) is 5.32 Å². The second-order valence-electron chi connectivity index (χ2n) is 14.3. The van der Waals surface area contributed by atoms with Crippen LogP contribution in [0.15, 0.2) is 17.1 Å². The molecule has 0 aromatic carbocycles. The van der Waals surface area contributed by atoms with E-state index in [-0.39, 0.29) is 40.1 Å². The molecule has 0 aromatic heterocycles. The number of aliphatic imine (C=N–C) groups is 1. The first-order chi connectivity index (χ1) is 16.5. The van der Waals surface area contributed by atoms with Gasteiger partial charge in [-0.15, -0.1) is 0 Å². The van der Waals surface area contributed by atoms with Crippen LogP contribution in [-0.2, 0) is 23.1 Å². The molecule has 0 spiro atoms. The highest BCUT2D eigenvalue weighted by atomic mass is 28.4. The number of carbonyl (C=O) groups excluding carboxylic acids is 2. The third-order valence-electron chi connectivity index (χ3n) is 7.92. The molecular weight excluding hydrogens is 504 g/mol. The smallest absolute Gasteiger partial charge is 0.436 e. The third kappa shape index (κ3) is 8.58. The zero-order valence-electron chi connectivity index (χ0n) is 25.3. The molecule has 2 rings (SSSR count). The minimum Gasteiger partial charge on any atom is -0.442 e. The molecule has 0 radical (unpaired) electrons. The molecule has 8 nitrogen and oxygen atoms in total. The average Bonchev–Trinajstić information content (AvgIpc) is 3.04. The summed E-state index contributed by atoms with van der Waals surface area (Å²) in [7, 11) is -4.07. The van der Waals surface area contributed by atoms with E-state index in [0.29, 0.717) is 13.0 Å². The van der Waals surface area contributed by atoms with Crippen LogP contribution in [0, 0.1) is 5.92 Å². The van der Waals surface area contributed by atoms with E-state index in [0.717, 1.165) is 0 Å². The van der Waals surface area contributed by atoms with Gasteiger partial charge in [0.2, 0.25) is 5.91 Å². The summed E-state index contributed by atoms with van der Waals surface area (Å²) in [4.78, 5) is 29.0. The molecule has 0 aromatic rings. The highest BCUT2D eigenvalue weighted by molar-refractivity contribution is 6.74. The van der Waals surface area contributed by atoms with E-state index in [9.17, 15) is 9.59 Å². The molecule has 2 aliphatic heterocycles. The van der Waals surface area contributed by atoms with Gasteiger partial charge in [-0.05, 0) is 63.1 Å². The quantitative estimate of drug-likeness (QED) is 0.393. The van der Waals surface area contributed by atoms with Gasteiger partial charge in [-0.2, -0.15) is 4.99 Å². The first-order valence-corrected chi connectivity index (χ1v) is 19.1. The zero-order chi connectivity index (χ0) is 28.6. The van der Waals surface area contributed by atoms with Gasteiger partial charge in [-0.3, -0.25) is 4.79 Å². The lowest BCUT2D eigenvalue weighted by atomic mass is 9.95. The van der Waals surface area contributed by atoms with Crippen molar-refractivity contribution in [1.29, 1.82) is 0 Å². The van der Waals surface area contributed by atoms with E-state index >= 15 is 0 Å². The first kappa shape index (κ1) is 31.9. The summed E-state index contributed by atoms with van der Waals surface area (Å²) in [6.45, 7) is 28.0. The molecule has 37 heavy (non-hydrogen) atoms. The van der Waals surface area contributed by atoms with Crippen molar-refractivity contribution >= 4 is 34.5 Å². The van der Waals surface area contributed by atoms with Crippen LogP contribution in [0.2, 0.25) is 36.3 Å². The van der Waals surface area contributed by atoms with Gasteiger partial charge in [0.25, 0.3) is 0 Å². The molecule has 4 atom stereocenters. The van der Waals surface area contributed by atoms with Crippen LogP contribution in [0.25, 0.3) is 0 Å². The Kier molecular flexibility index (Phi) is 9.51. The number of amides is 2. The van der Waals surface area contributed by atoms with Crippen molar-refractivity contribution in [3.63, 3.8) is 0 Å². The molecule has 0 aliphatic carbocycles. The van der Waals surface area contributed by atoms with Gasteiger partial charge in [0.05, 0.1) is 24.7 Å². The lowest BCUT2D eigenvalue weighted by Crippen LogP contribution is -2.48. The van der Waals surface area contributed by atoms with E-state index in [1.54, 1.807) is 32.9 Å². The fourth-order valence-electron chi connectivity index (χ4n) is 3.59. The summed E-state index contributed by atoms with van der Waals surface area (Å²) >= 11 is 0. The monoisotopic (exact) mass is 554 g/mol. The summed E-state index contributed by atoms with van der Waals surface area (Å²) in [6.07, 6.45) is 2.48. The Morgan fingerprint density at radius 2 is 1.59 bits per heavy atom. The number of nitrogens with zero attached hydrogens (tertiary/aromatic N) is 1. The van der Waals surface area contributed by atoms with E-state index in [2.05, 4.69) is 78.0 Å². The van der Waals surface area contributed by atoms with Crippen molar-refractivity contribution in [2.24, 2.45) is 10.9 Å². The Labute approximate surface area is 226 Å². The number of amidine groups is 1. The van der Waals surface area contributed by atoms with E-state index in [1.165, 1.54) is 0 Å². The topological polar surface area (TPSA) is 95.5 Å². The number of ether oxygens (including phenoxy) is 2. The maximum atomic E-state index is 13.0. The summed E-state index contributed by atoms with van der Waals surface area (Å²) in [5, 5.41) is 2.85. The second kappa shape index (κ2) is 11.0. The van der Waals surface area contributed by atoms with Crippen LogP contribution in [0.5, 0.6) is 0 Å². The Bertz CT molecular complexity index is 909. The summed E-state index contributed by atoms with van der Waals surface area (Å²) in [6, 6.07) is 0. The van der Waals surface area contributed by atoms with Crippen LogP contribution in [0.1, 0.15) is 68.7 Å². The number of nitrogens with one attached hydrogen (secondary N) is 1. The molecule has 1 saturated heterocycles. The van der Waals surface area contributed by atoms with E-state index < -0.39 is 34.2 Å². The van der Waals surface area contributed by atoms with Crippen LogP contribution in [0.3, 0.4) is 0 Å². The predicted octanol–water partition coefficient (Wildman–Crippen LogP) is 6.19. The maximum Gasteiger partial charge on any atom is 0.436 e. The van der Waals surface area contributed by atoms with E-state index in [1.807, 2.05) is 0 Å². The minimum atomic E-state index is -2.08. The van der Waals surface area contributed by atoms with Gasteiger partial charge in [0, 0.05) is 6.42 Å². The Hall–Kier alpha value is -1.34. The molecular formula is C27H50N2O6Si2. The van der Waals surface area contributed by atoms with Crippen molar-refractivity contribution < 1.29 is 27.9 Å². The van der Waals surface area contributed by atoms with Gasteiger partial charge >= 0.3 is 6.09 Å². The molecule has 2 unspecified atom stereocenters. The number of hydrogen-bond acceptors (Lipinski definition) is 6. The van der Waals surface area contributed by atoms with Gasteiger partial charge in [-0.25, -0.2) is 4.79 Å². The third-order valence-corrected chi connectivity index (χ3v) is 16.9. The van der Waals surface area contributed by atoms with Crippen LogP contribution in [0.4, 0.5) is 4.79 Å². The number of hydrogen-bond donors (Lipinski definition) is 1. The predicted molar refractivity (Wildman–Crippen MR) is 153 cm³/mol. The molecule has 1 fully saturated rings. The van der Waals surface area contributed by atoms with Crippen LogP contribution < -0.4 is 5.32 Å². The summed E-state index contributed by atoms with van der Waals surface area (Å²) < 4.78 is 25.0. The standard InChI is InChI=1S/C27H50N2O6Si2/c1-25(2,3)34-24(31)29-22-15-14-18(23(30)28-22)19-16-20(35-37(12,13)27(7,8)9)21(33-19)17-32-36(10,11)26(4,5)6/h14-15,18-21H,16-17H2,1-13H3,(H,28,29,30,31)/t18?,19-,20?,21-/m1/s1. The lowest BCUT2D eigenvalue weighted by molar-refractivity contribution is -0.127. The van der Waals surface area contributed by atoms with E-state index in [4.69, 9.17) is 18.3 Å². The van der Waals surface area contributed by atoms with Gasteiger partial charge in [0.15, 0.2) is 16.6 Å². The Balaban J connectivity index is 2.22. The highest BCUT2D eigenvalue weighted by Gasteiger charge is 2.48. The largest absolute Gasteiger partial charge is 0.442 e. The summed E-state index contributed by atoms with van der Waals surface area (Å²) in [5.74, 6) is -0.604. The van der Waals surface area contributed by atoms with Crippen LogP contribution >= 0.6 is 0 Å². The van der Waals surface area contributed by atoms with Gasteiger partial charge in [0.1, 0.15) is 17.5 Å². The molecule has 10 heteroatoms. The number of carbonyl (C=O) groups is 2. The molecule has 2 aliphatic rings. The molecule has 2 amide bonds. The van der Waals surface area contributed by atoms with Crippen molar-refractivity contribution in [2.45, 2.75) is 129 Å². The number of rotatable bonds is 6. The highest BCUT2D eigenvalue weighted by Crippen LogP contribution is 2.42. The lowest BCUT2D eigenvalue weighted by Gasteiger charge is -2.40. The van der Waals surface area contributed by atoms with Crippen molar-refractivity contribution in [3.8, 4) is 0 Å². The Morgan fingerprint density at radius 3 is 2.08 bits per heavy atom. The molecule has 2 heterocycles. The second-order valence-corrected chi connectivity index (χ2v) is 23.9. The van der Waals surface area contributed by atoms with Crippen molar-refractivity contribution in [2.75, 3.05) is 6.61 Å². The zero-order valence-corrected chi connectivity index (χ0v) is 27.3. The van der Waals surface area contributed by atoms with Crippen LogP contribution in [-0.4, -0.2) is 65.0 Å². The van der Waals surface area contributed by atoms with Crippen molar-refractivity contribution in [3.05, 3.63) is 12.2 Å². The molecule has 1 N–H and O–H groups in total. The molecule has 0 saturated carbocycles. The average molecular weight is 555 g/mol. The molecule has 212 valence electrons.